The Bertz CT molecular complexity index is 419. The van der Waals surface area contributed by atoms with Gasteiger partial charge in [-0.2, -0.15) is 0 Å². The van der Waals surface area contributed by atoms with Crippen molar-refractivity contribution in [3.05, 3.63) is 35.9 Å². The van der Waals surface area contributed by atoms with Crippen LogP contribution in [0.15, 0.2) is 30.3 Å². The number of hydrogen-bond acceptors (Lipinski definition) is 4. The molecule has 1 N–H and O–H groups in total. The largest absolute Gasteiger partial charge is 0.390 e. The Labute approximate surface area is 113 Å². The van der Waals surface area contributed by atoms with E-state index in [-0.39, 0.29) is 30.7 Å². The fraction of sp³-hybridized carbons (Fsp3) is 0.600. The Morgan fingerprint density at radius 1 is 1.05 bits per heavy atom. The van der Waals surface area contributed by atoms with Gasteiger partial charge < -0.3 is 19.3 Å². The molecule has 0 amide bonds. The summed E-state index contributed by atoms with van der Waals surface area (Å²) in [5, 5.41) is 10.4. The monoisotopic (exact) mass is 264 g/mol. The van der Waals surface area contributed by atoms with E-state index in [1.807, 2.05) is 44.2 Å². The van der Waals surface area contributed by atoms with Crippen molar-refractivity contribution in [2.24, 2.45) is 5.92 Å². The van der Waals surface area contributed by atoms with Crippen LogP contribution in [0, 0.1) is 5.92 Å². The molecule has 19 heavy (non-hydrogen) atoms. The van der Waals surface area contributed by atoms with E-state index in [9.17, 15) is 5.11 Å². The van der Waals surface area contributed by atoms with Crippen molar-refractivity contribution in [2.45, 2.75) is 51.2 Å². The van der Waals surface area contributed by atoms with Gasteiger partial charge in [-0.05, 0) is 12.5 Å². The second-order valence-corrected chi connectivity index (χ2v) is 5.39. The van der Waals surface area contributed by atoms with E-state index in [0.29, 0.717) is 6.42 Å². The van der Waals surface area contributed by atoms with Crippen LogP contribution in [0.3, 0.4) is 0 Å². The molecule has 2 saturated heterocycles. The number of ether oxygens (including phenoxy) is 3. The molecule has 6 atom stereocenters. The molecular formula is C15H20O4. The fourth-order valence-electron chi connectivity index (χ4n) is 2.87. The van der Waals surface area contributed by atoms with Crippen LogP contribution < -0.4 is 0 Å². The SMILES string of the molecule is CC1OC2[C@@H](O1)OC(Cc1ccccc1)[C@@H](O)[C@@H]2C. The molecule has 0 radical (unpaired) electrons. The molecule has 104 valence electrons. The predicted molar refractivity (Wildman–Crippen MR) is 69.4 cm³/mol. The van der Waals surface area contributed by atoms with Crippen LogP contribution in [0.2, 0.25) is 0 Å². The molecular weight excluding hydrogens is 244 g/mol. The lowest BCUT2D eigenvalue weighted by Crippen LogP contribution is -2.52. The number of benzene rings is 1. The van der Waals surface area contributed by atoms with Crippen LogP contribution in [0.4, 0.5) is 0 Å². The van der Waals surface area contributed by atoms with E-state index in [4.69, 9.17) is 14.2 Å². The van der Waals surface area contributed by atoms with Crippen molar-refractivity contribution in [3.63, 3.8) is 0 Å². The summed E-state index contributed by atoms with van der Waals surface area (Å²) in [5.74, 6) is 0.0115. The quantitative estimate of drug-likeness (QED) is 0.883. The van der Waals surface area contributed by atoms with Gasteiger partial charge in [0.25, 0.3) is 0 Å². The zero-order valence-electron chi connectivity index (χ0n) is 11.2. The average molecular weight is 264 g/mol. The molecule has 2 fully saturated rings. The highest BCUT2D eigenvalue weighted by Gasteiger charge is 2.48. The van der Waals surface area contributed by atoms with Crippen molar-refractivity contribution >= 4 is 0 Å². The van der Waals surface area contributed by atoms with E-state index in [0.717, 1.165) is 5.56 Å². The third kappa shape index (κ3) is 2.54. The van der Waals surface area contributed by atoms with E-state index in [1.165, 1.54) is 0 Å². The van der Waals surface area contributed by atoms with Gasteiger partial charge in [-0.3, -0.25) is 0 Å². The number of rotatable bonds is 2. The maximum atomic E-state index is 10.4. The van der Waals surface area contributed by atoms with Crippen LogP contribution >= 0.6 is 0 Å². The Morgan fingerprint density at radius 3 is 2.53 bits per heavy atom. The summed E-state index contributed by atoms with van der Waals surface area (Å²) in [4.78, 5) is 0. The molecule has 0 saturated carbocycles. The average Bonchev–Trinajstić information content (AvgIpc) is 2.78. The minimum atomic E-state index is -0.532. The Morgan fingerprint density at radius 2 is 1.79 bits per heavy atom. The van der Waals surface area contributed by atoms with Crippen molar-refractivity contribution in [2.75, 3.05) is 0 Å². The maximum Gasteiger partial charge on any atom is 0.187 e. The molecule has 2 aliphatic heterocycles. The number of fused-ring (bicyclic) bond motifs is 1. The maximum absolute atomic E-state index is 10.4. The van der Waals surface area contributed by atoms with Crippen molar-refractivity contribution in [3.8, 4) is 0 Å². The highest BCUT2D eigenvalue weighted by molar-refractivity contribution is 5.16. The summed E-state index contributed by atoms with van der Waals surface area (Å²) in [6.45, 7) is 3.84. The topological polar surface area (TPSA) is 47.9 Å². The summed E-state index contributed by atoms with van der Waals surface area (Å²) in [6.07, 6.45) is -0.880. The normalized spacial score (nSPS) is 42.1. The van der Waals surface area contributed by atoms with Gasteiger partial charge in [0.05, 0.1) is 12.2 Å². The highest BCUT2D eigenvalue weighted by Crippen LogP contribution is 2.35. The zero-order valence-corrected chi connectivity index (χ0v) is 11.2. The Kier molecular flexibility index (Phi) is 3.58. The number of hydrogen-bond donors (Lipinski definition) is 1. The molecule has 3 unspecified atom stereocenters. The third-order valence-electron chi connectivity index (χ3n) is 3.97. The van der Waals surface area contributed by atoms with Crippen molar-refractivity contribution in [1.29, 1.82) is 0 Å². The van der Waals surface area contributed by atoms with Crippen LogP contribution in [-0.2, 0) is 20.6 Å². The molecule has 1 aromatic rings. The minimum absolute atomic E-state index is 0.0115. The molecule has 0 aliphatic carbocycles. The fourth-order valence-corrected chi connectivity index (χ4v) is 2.87. The second-order valence-electron chi connectivity index (χ2n) is 5.39. The third-order valence-corrected chi connectivity index (χ3v) is 3.97. The van der Waals surface area contributed by atoms with E-state index < -0.39 is 6.10 Å². The van der Waals surface area contributed by atoms with Gasteiger partial charge >= 0.3 is 0 Å². The smallest absolute Gasteiger partial charge is 0.187 e. The number of aliphatic hydroxyl groups excluding tert-OH is 1. The van der Waals surface area contributed by atoms with Gasteiger partial charge in [-0.1, -0.05) is 37.3 Å². The van der Waals surface area contributed by atoms with Gasteiger partial charge in [0.1, 0.15) is 6.10 Å². The number of aliphatic hydroxyl groups is 1. The first kappa shape index (κ1) is 13.1. The molecule has 2 aliphatic rings. The summed E-state index contributed by atoms with van der Waals surface area (Å²) in [5.41, 5.74) is 1.16. The van der Waals surface area contributed by atoms with Crippen molar-refractivity contribution < 1.29 is 19.3 Å². The van der Waals surface area contributed by atoms with Gasteiger partial charge in [-0.15, -0.1) is 0 Å². The first-order valence-corrected chi connectivity index (χ1v) is 6.83. The lowest BCUT2D eigenvalue weighted by Gasteiger charge is -2.39. The minimum Gasteiger partial charge on any atom is -0.390 e. The van der Waals surface area contributed by atoms with E-state index in [2.05, 4.69) is 0 Å². The summed E-state index contributed by atoms with van der Waals surface area (Å²) < 4.78 is 17.1. The predicted octanol–water partition coefficient (Wildman–Crippen LogP) is 1.71. The van der Waals surface area contributed by atoms with Gasteiger partial charge in [0, 0.05) is 12.3 Å². The molecule has 4 heteroatoms. The molecule has 0 spiro atoms. The van der Waals surface area contributed by atoms with Crippen molar-refractivity contribution in [1.82, 2.24) is 0 Å². The van der Waals surface area contributed by atoms with Gasteiger partial charge in [0.2, 0.25) is 0 Å². The molecule has 3 rings (SSSR count). The zero-order chi connectivity index (χ0) is 13.4. The molecule has 0 aromatic heterocycles. The lowest BCUT2D eigenvalue weighted by atomic mass is 9.88. The lowest BCUT2D eigenvalue weighted by molar-refractivity contribution is -0.229. The van der Waals surface area contributed by atoms with Crippen LogP contribution in [0.1, 0.15) is 19.4 Å². The van der Waals surface area contributed by atoms with Crippen LogP contribution in [0.25, 0.3) is 0 Å². The molecule has 1 aromatic carbocycles. The summed E-state index contributed by atoms with van der Waals surface area (Å²) >= 11 is 0. The molecule has 2 heterocycles. The van der Waals surface area contributed by atoms with Crippen LogP contribution in [-0.4, -0.2) is 36.0 Å². The first-order chi connectivity index (χ1) is 9.15. The van der Waals surface area contributed by atoms with Gasteiger partial charge in [-0.25, -0.2) is 0 Å². The molecule has 4 nitrogen and oxygen atoms in total. The van der Waals surface area contributed by atoms with E-state index >= 15 is 0 Å². The summed E-state index contributed by atoms with van der Waals surface area (Å²) in [6, 6.07) is 10.1. The first-order valence-electron chi connectivity index (χ1n) is 6.83. The van der Waals surface area contributed by atoms with Crippen LogP contribution in [0.5, 0.6) is 0 Å². The van der Waals surface area contributed by atoms with E-state index in [1.54, 1.807) is 0 Å². The van der Waals surface area contributed by atoms with Gasteiger partial charge in [0.15, 0.2) is 12.6 Å². The highest BCUT2D eigenvalue weighted by atomic mass is 16.8. The molecule has 0 bridgehead atoms. The Hall–Kier alpha value is -0.940. The standard InChI is InChI=1S/C15H20O4/c1-9-13(16)12(8-11-6-4-3-5-7-11)19-15-14(9)17-10(2)18-15/h3-7,9-10,12-16H,8H2,1-2H3/t9-,10?,12?,13-,14?,15-/m0/s1. The summed E-state index contributed by atoms with van der Waals surface area (Å²) in [7, 11) is 0. The Balaban J connectivity index is 1.72. The second kappa shape index (κ2) is 5.21.